The molecule has 1 N–H and O–H groups in total. The lowest BCUT2D eigenvalue weighted by molar-refractivity contribution is 0.0730. The van der Waals surface area contributed by atoms with E-state index in [-0.39, 0.29) is 5.91 Å². The van der Waals surface area contributed by atoms with Crippen LogP contribution in [0.4, 0.5) is 0 Å². The van der Waals surface area contributed by atoms with E-state index in [9.17, 15) is 4.79 Å². The van der Waals surface area contributed by atoms with Crippen LogP contribution in [-0.2, 0) is 0 Å². The molecule has 0 atom stereocenters. The summed E-state index contributed by atoms with van der Waals surface area (Å²) < 4.78 is 0. The summed E-state index contributed by atoms with van der Waals surface area (Å²) in [5.41, 5.74) is 2.01. The molecule has 0 aliphatic carbocycles. The van der Waals surface area contributed by atoms with E-state index in [2.05, 4.69) is 22.1 Å². The number of aromatic nitrogens is 1. The Morgan fingerprint density at radius 2 is 1.77 bits per heavy atom. The average molecular weight is 291 g/mol. The van der Waals surface area contributed by atoms with Crippen molar-refractivity contribution in [3.05, 3.63) is 65.5 Å². The van der Waals surface area contributed by atoms with Gasteiger partial charge in [-0.2, -0.15) is 0 Å². The Morgan fingerprint density at radius 1 is 1.00 bits per heavy atom. The normalized spacial score (nSPS) is 14.1. The average Bonchev–Trinajstić information content (AvgIpc) is 2.61. The topological polar surface area (TPSA) is 45.2 Å². The summed E-state index contributed by atoms with van der Waals surface area (Å²) in [6, 6.07) is 15.1. The van der Waals surface area contributed by atoms with Crippen LogP contribution < -0.4 is 5.32 Å². The van der Waals surface area contributed by atoms with Crippen LogP contribution in [0.3, 0.4) is 0 Å². The summed E-state index contributed by atoms with van der Waals surface area (Å²) >= 11 is 0. The first kappa shape index (κ1) is 14.3. The summed E-state index contributed by atoms with van der Waals surface area (Å²) in [4.78, 5) is 18.6. The van der Waals surface area contributed by atoms with Crippen molar-refractivity contribution in [2.24, 2.45) is 0 Å². The molecule has 1 aliphatic rings. The number of carbonyl (C=O) groups excluding carboxylic acids is 1. The minimum atomic E-state index is -0.0233. The number of rotatable bonds is 1. The third-order valence-electron chi connectivity index (χ3n) is 3.48. The number of piperazine rings is 1. The van der Waals surface area contributed by atoms with Gasteiger partial charge in [-0.1, -0.05) is 30.2 Å². The highest BCUT2D eigenvalue weighted by molar-refractivity contribution is 5.92. The number of pyridine rings is 1. The Hall–Kier alpha value is -2.64. The van der Waals surface area contributed by atoms with Crippen LogP contribution in [0.15, 0.2) is 48.5 Å². The molecular weight excluding hydrogens is 274 g/mol. The fraction of sp³-hybridized carbons (Fsp3) is 0.222. The molecule has 1 aliphatic heterocycles. The molecule has 0 bridgehead atoms. The lowest BCUT2D eigenvalue weighted by Crippen LogP contribution is -2.46. The monoisotopic (exact) mass is 291 g/mol. The first-order chi connectivity index (χ1) is 10.8. The summed E-state index contributed by atoms with van der Waals surface area (Å²) in [5, 5.41) is 3.23. The Morgan fingerprint density at radius 3 is 2.55 bits per heavy atom. The summed E-state index contributed by atoms with van der Waals surface area (Å²) in [5.74, 6) is 6.05. The van der Waals surface area contributed by atoms with Gasteiger partial charge in [0.2, 0.25) is 0 Å². The van der Waals surface area contributed by atoms with Gasteiger partial charge in [-0.15, -0.1) is 0 Å². The molecule has 1 aromatic carbocycles. The molecule has 4 nitrogen and oxygen atoms in total. The fourth-order valence-corrected chi connectivity index (χ4v) is 2.31. The van der Waals surface area contributed by atoms with E-state index in [0.717, 1.165) is 31.7 Å². The molecule has 1 saturated heterocycles. The molecule has 0 radical (unpaired) electrons. The van der Waals surface area contributed by atoms with Crippen LogP contribution in [0.5, 0.6) is 0 Å². The number of carbonyl (C=O) groups is 1. The highest BCUT2D eigenvalue weighted by Gasteiger charge is 2.18. The van der Waals surface area contributed by atoms with Crippen LogP contribution in [-0.4, -0.2) is 42.0 Å². The third kappa shape index (κ3) is 3.51. The minimum Gasteiger partial charge on any atom is -0.335 e. The largest absolute Gasteiger partial charge is 0.335 e. The van der Waals surface area contributed by atoms with Crippen molar-refractivity contribution < 1.29 is 4.79 Å². The number of nitrogens with one attached hydrogen (secondary N) is 1. The Kier molecular flexibility index (Phi) is 4.47. The Balaban J connectivity index is 1.78. The van der Waals surface area contributed by atoms with Gasteiger partial charge in [-0.05, 0) is 30.2 Å². The zero-order valence-corrected chi connectivity index (χ0v) is 12.2. The van der Waals surface area contributed by atoms with Crippen molar-refractivity contribution in [2.75, 3.05) is 26.2 Å². The van der Waals surface area contributed by atoms with Crippen molar-refractivity contribution in [1.82, 2.24) is 15.2 Å². The van der Waals surface area contributed by atoms with Crippen molar-refractivity contribution in [3.8, 4) is 11.8 Å². The van der Waals surface area contributed by atoms with Gasteiger partial charge in [0.15, 0.2) is 0 Å². The van der Waals surface area contributed by atoms with Crippen LogP contribution in [0, 0.1) is 11.8 Å². The van der Waals surface area contributed by atoms with Gasteiger partial charge < -0.3 is 10.2 Å². The first-order valence-electron chi connectivity index (χ1n) is 7.37. The summed E-state index contributed by atoms with van der Waals surface area (Å²) in [6.07, 6.45) is 0. The minimum absolute atomic E-state index is 0.0233. The quantitative estimate of drug-likeness (QED) is 0.810. The van der Waals surface area contributed by atoms with Crippen LogP contribution in [0.25, 0.3) is 0 Å². The zero-order chi connectivity index (χ0) is 15.2. The lowest BCUT2D eigenvalue weighted by atomic mass is 10.2. The molecule has 2 heterocycles. The van der Waals surface area contributed by atoms with Crippen molar-refractivity contribution in [3.63, 3.8) is 0 Å². The van der Waals surface area contributed by atoms with Gasteiger partial charge >= 0.3 is 0 Å². The second-order valence-corrected chi connectivity index (χ2v) is 5.07. The van der Waals surface area contributed by atoms with Gasteiger partial charge in [0, 0.05) is 31.7 Å². The van der Waals surface area contributed by atoms with E-state index in [1.807, 2.05) is 47.4 Å². The third-order valence-corrected chi connectivity index (χ3v) is 3.48. The molecule has 0 unspecified atom stereocenters. The van der Waals surface area contributed by atoms with Crippen molar-refractivity contribution >= 4 is 5.91 Å². The maximum absolute atomic E-state index is 12.4. The predicted octanol–water partition coefficient (Wildman–Crippen LogP) is 1.53. The standard InChI is InChI=1S/C18H17N3O/c22-18(21-13-11-19-12-14-21)17-8-4-7-16(20-17)10-9-15-5-2-1-3-6-15/h1-8,19H,11-14H2. The van der Waals surface area contributed by atoms with E-state index >= 15 is 0 Å². The molecule has 1 aromatic heterocycles. The zero-order valence-electron chi connectivity index (χ0n) is 12.2. The molecule has 3 rings (SSSR count). The van der Waals surface area contributed by atoms with E-state index in [1.165, 1.54) is 0 Å². The molecule has 2 aromatic rings. The number of benzene rings is 1. The van der Waals surface area contributed by atoms with E-state index < -0.39 is 0 Å². The van der Waals surface area contributed by atoms with Crippen LogP contribution in [0.1, 0.15) is 21.7 Å². The lowest BCUT2D eigenvalue weighted by Gasteiger charge is -2.27. The Bertz CT molecular complexity index is 710. The van der Waals surface area contributed by atoms with Crippen LogP contribution in [0.2, 0.25) is 0 Å². The van der Waals surface area contributed by atoms with Gasteiger partial charge in [-0.3, -0.25) is 4.79 Å². The smallest absolute Gasteiger partial charge is 0.272 e. The van der Waals surface area contributed by atoms with Gasteiger partial charge in [0.05, 0.1) is 0 Å². The van der Waals surface area contributed by atoms with Crippen molar-refractivity contribution in [2.45, 2.75) is 0 Å². The summed E-state index contributed by atoms with van der Waals surface area (Å²) in [6.45, 7) is 3.11. The molecule has 110 valence electrons. The predicted molar refractivity (Wildman–Crippen MR) is 85.4 cm³/mol. The first-order valence-corrected chi connectivity index (χ1v) is 7.37. The highest BCUT2D eigenvalue weighted by Crippen LogP contribution is 2.05. The second-order valence-electron chi connectivity index (χ2n) is 5.07. The number of amides is 1. The molecular formula is C18H17N3O. The molecule has 0 saturated carbocycles. The number of hydrogen-bond donors (Lipinski definition) is 1. The number of nitrogens with zero attached hydrogens (tertiary/aromatic N) is 2. The van der Waals surface area contributed by atoms with E-state index in [4.69, 9.17) is 0 Å². The fourth-order valence-electron chi connectivity index (χ4n) is 2.31. The van der Waals surface area contributed by atoms with E-state index in [1.54, 1.807) is 6.07 Å². The molecule has 4 heteroatoms. The van der Waals surface area contributed by atoms with Gasteiger partial charge in [-0.25, -0.2) is 4.98 Å². The maximum atomic E-state index is 12.4. The molecule has 22 heavy (non-hydrogen) atoms. The number of hydrogen-bond acceptors (Lipinski definition) is 3. The van der Waals surface area contributed by atoms with Gasteiger partial charge in [0.25, 0.3) is 5.91 Å². The summed E-state index contributed by atoms with van der Waals surface area (Å²) in [7, 11) is 0. The SMILES string of the molecule is O=C(c1cccc(C#Cc2ccccc2)n1)N1CCNCC1. The molecule has 0 spiro atoms. The van der Waals surface area contributed by atoms with Crippen LogP contribution >= 0.6 is 0 Å². The molecule has 1 fully saturated rings. The van der Waals surface area contributed by atoms with Gasteiger partial charge in [0.1, 0.15) is 11.4 Å². The molecule has 1 amide bonds. The highest BCUT2D eigenvalue weighted by atomic mass is 16.2. The van der Waals surface area contributed by atoms with Crippen molar-refractivity contribution in [1.29, 1.82) is 0 Å². The second kappa shape index (κ2) is 6.88. The Labute approximate surface area is 130 Å². The maximum Gasteiger partial charge on any atom is 0.272 e. The van der Waals surface area contributed by atoms with E-state index in [0.29, 0.717) is 11.4 Å².